The molecule has 0 saturated heterocycles. The van der Waals surface area contributed by atoms with Gasteiger partial charge in [0, 0.05) is 17.1 Å². The third-order valence-electron chi connectivity index (χ3n) is 3.70. The van der Waals surface area contributed by atoms with Crippen molar-refractivity contribution in [3.05, 3.63) is 69.0 Å². The highest BCUT2D eigenvalue weighted by Crippen LogP contribution is 2.29. The lowest BCUT2D eigenvalue weighted by Crippen LogP contribution is -2.14. The van der Waals surface area contributed by atoms with Gasteiger partial charge in [0.1, 0.15) is 4.90 Å². The van der Waals surface area contributed by atoms with Gasteiger partial charge < -0.3 is 4.98 Å². The maximum absolute atomic E-state index is 12.7. The Hall–Kier alpha value is -2.31. The van der Waals surface area contributed by atoms with Crippen molar-refractivity contribution in [1.29, 1.82) is 0 Å². The second kappa shape index (κ2) is 5.96. The first-order valence-electron chi connectivity index (χ1n) is 7.19. The minimum atomic E-state index is -3.85. The summed E-state index contributed by atoms with van der Waals surface area (Å²) in [5.74, 6) is 0. The van der Waals surface area contributed by atoms with Crippen LogP contribution in [0.5, 0.6) is 0 Å². The van der Waals surface area contributed by atoms with Crippen LogP contribution in [0.4, 0.5) is 5.69 Å². The standard InChI is InChI=1S/C17H15ClN2O3S/c1-10-3-5-12(6-4-10)20-24(22,23)16-8-13-11(2)7-17(21)19-15(13)9-14(16)18/h3-9,20H,1-2H3,(H,19,21). The van der Waals surface area contributed by atoms with E-state index in [2.05, 4.69) is 9.71 Å². The number of hydrogen-bond donors (Lipinski definition) is 2. The maximum atomic E-state index is 12.7. The molecule has 2 aromatic carbocycles. The Kier molecular flexibility index (Phi) is 4.11. The van der Waals surface area contributed by atoms with Gasteiger partial charge in [-0.25, -0.2) is 8.42 Å². The molecule has 5 nitrogen and oxygen atoms in total. The molecule has 0 fully saturated rings. The fraction of sp³-hybridized carbons (Fsp3) is 0.118. The summed E-state index contributed by atoms with van der Waals surface area (Å²) in [6.07, 6.45) is 0. The molecular weight excluding hydrogens is 348 g/mol. The summed E-state index contributed by atoms with van der Waals surface area (Å²) in [7, 11) is -3.85. The highest BCUT2D eigenvalue weighted by molar-refractivity contribution is 7.92. The lowest BCUT2D eigenvalue weighted by molar-refractivity contribution is 0.601. The van der Waals surface area contributed by atoms with Crippen LogP contribution < -0.4 is 10.3 Å². The van der Waals surface area contributed by atoms with E-state index in [1.54, 1.807) is 19.1 Å². The average Bonchev–Trinajstić information content (AvgIpc) is 2.48. The van der Waals surface area contributed by atoms with E-state index < -0.39 is 10.0 Å². The Morgan fingerprint density at radius 2 is 1.71 bits per heavy atom. The Balaban J connectivity index is 2.11. The number of aromatic nitrogens is 1. The number of benzene rings is 2. The normalized spacial score (nSPS) is 11.6. The summed E-state index contributed by atoms with van der Waals surface area (Å²) in [5, 5.41) is 0.673. The Morgan fingerprint density at radius 1 is 1.04 bits per heavy atom. The van der Waals surface area contributed by atoms with Crippen molar-refractivity contribution in [3.8, 4) is 0 Å². The minimum absolute atomic E-state index is 0.0348. The number of pyridine rings is 1. The first kappa shape index (κ1) is 16.5. The third-order valence-corrected chi connectivity index (χ3v) is 5.54. The second-order valence-corrected chi connectivity index (χ2v) is 7.67. The lowest BCUT2D eigenvalue weighted by Gasteiger charge is -2.11. The Bertz CT molecular complexity index is 1090. The molecule has 0 saturated carbocycles. The van der Waals surface area contributed by atoms with Gasteiger partial charge in [0.25, 0.3) is 10.0 Å². The number of aromatic amines is 1. The van der Waals surface area contributed by atoms with Crippen molar-refractivity contribution in [2.24, 2.45) is 0 Å². The van der Waals surface area contributed by atoms with Crippen LogP contribution in [0.15, 0.2) is 52.2 Å². The summed E-state index contributed by atoms with van der Waals surface area (Å²) >= 11 is 6.14. The van der Waals surface area contributed by atoms with Crippen LogP contribution in [0, 0.1) is 13.8 Å². The molecule has 124 valence electrons. The number of hydrogen-bond acceptors (Lipinski definition) is 3. The Labute approximate surface area is 144 Å². The number of H-pyrrole nitrogens is 1. The van der Waals surface area contributed by atoms with E-state index in [0.717, 1.165) is 5.56 Å². The number of aryl methyl sites for hydroxylation is 2. The zero-order chi connectivity index (χ0) is 17.5. The highest BCUT2D eigenvalue weighted by atomic mass is 35.5. The number of halogens is 1. The van der Waals surface area contributed by atoms with Gasteiger partial charge in [-0.05, 0) is 43.7 Å². The average molecular weight is 363 g/mol. The van der Waals surface area contributed by atoms with E-state index >= 15 is 0 Å². The zero-order valence-electron chi connectivity index (χ0n) is 13.1. The third kappa shape index (κ3) is 3.16. The molecule has 24 heavy (non-hydrogen) atoms. The van der Waals surface area contributed by atoms with Gasteiger partial charge >= 0.3 is 0 Å². The van der Waals surface area contributed by atoms with Gasteiger partial charge in [-0.3, -0.25) is 9.52 Å². The molecule has 0 atom stereocenters. The summed E-state index contributed by atoms with van der Waals surface area (Å²) in [4.78, 5) is 14.2. The van der Waals surface area contributed by atoms with Crippen LogP contribution >= 0.6 is 11.6 Å². The van der Waals surface area contributed by atoms with Crippen molar-refractivity contribution in [2.45, 2.75) is 18.7 Å². The summed E-state index contributed by atoms with van der Waals surface area (Å²) < 4.78 is 27.8. The van der Waals surface area contributed by atoms with E-state index in [-0.39, 0.29) is 15.5 Å². The molecule has 0 aliphatic rings. The van der Waals surface area contributed by atoms with E-state index in [0.29, 0.717) is 22.2 Å². The molecule has 0 bridgehead atoms. The zero-order valence-corrected chi connectivity index (χ0v) is 14.6. The molecule has 2 N–H and O–H groups in total. The van der Waals surface area contributed by atoms with Crippen molar-refractivity contribution in [3.63, 3.8) is 0 Å². The summed E-state index contributed by atoms with van der Waals surface area (Å²) in [6.45, 7) is 3.66. The molecule has 0 spiro atoms. The first-order valence-corrected chi connectivity index (χ1v) is 9.05. The molecule has 0 unspecified atom stereocenters. The second-order valence-electron chi connectivity index (χ2n) is 5.62. The molecule has 1 aromatic heterocycles. The summed E-state index contributed by atoms with van der Waals surface area (Å²) in [6, 6.07) is 11.3. The van der Waals surface area contributed by atoms with E-state index in [1.807, 2.05) is 19.1 Å². The molecule has 3 rings (SSSR count). The molecule has 0 amide bonds. The van der Waals surface area contributed by atoms with E-state index in [1.165, 1.54) is 18.2 Å². The minimum Gasteiger partial charge on any atom is -0.322 e. The quantitative estimate of drug-likeness (QED) is 0.747. The van der Waals surface area contributed by atoms with Crippen LogP contribution in [0.1, 0.15) is 11.1 Å². The molecular formula is C17H15ClN2O3S. The van der Waals surface area contributed by atoms with Gasteiger partial charge in [0.2, 0.25) is 5.56 Å². The topological polar surface area (TPSA) is 79.0 Å². The van der Waals surface area contributed by atoms with Crippen molar-refractivity contribution < 1.29 is 8.42 Å². The molecule has 7 heteroatoms. The molecule has 0 aliphatic heterocycles. The predicted molar refractivity (Wildman–Crippen MR) is 96.3 cm³/mol. The highest BCUT2D eigenvalue weighted by Gasteiger charge is 2.20. The molecule has 1 heterocycles. The fourth-order valence-electron chi connectivity index (χ4n) is 2.46. The van der Waals surface area contributed by atoms with Crippen molar-refractivity contribution in [2.75, 3.05) is 4.72 Å². The number of rotatable bonds is 3. The largest absolute Gasteiger partial charge is 0.322 e. The smallest absolute Gasteiger partial charge is 0.263 e. The number of nitrogens with one attached hydrogen (secondary N) is 2. The summed E-state index contributed by atoms with van der Waals surface area (Å²) in [5.41, 5.74) is 2.40. The Morgan fingerprint density at radius 3 is 2.38 bits per heavy atom. The number of fused-ring (bicyclic) bond motifs is 1. The van der Waals surface area contributed by atoms with Gasteiger partial charge in [0.15, 0.2) is 0 Å². The van der Waals surface area contributed by atoms with Crippen molar-refractivity contribution >= 4 is 38.2 Å². The lowest BCUT2D eigenvalue weighted by atomic mass is 10.1. The fourth-order valence-corrected chi connectivity index (χ4v) is 4.08. The van der Waals surface area contributed by atoms with Crippen LogP contribution in [-0.2, 0) is 10.0 Å². The first-order chi connectivity index (χ1) is 11.3. The predicted octanol–water partition coefficient (Wildman–Crippen LogP) is 3.60. The molecule has 3 aromatic rings. The van der Waals surface area contributed by atoms with Crippen LogP contribution in [0.3, 0.4) is 0 Å². The van der Waals surface area contributed by atoms with Gasteiger partial charge in [0.05, 0.1) is 10.5 Å². The monoisotopic (exact) mass is 362 g/mol. The van der Waals surface area contributed by atoms with E-state index in [4.69, 9.17) is 11.6 Å². The SMILES string of the molecule is Cc1ccc(NS(=O)(=O)c2cc3c(C)cc(=O)[nH]c3cc2Cl)cc1. The van der Waals surface area contributed by atoms with Crippen molar-refractivity contribution in [1.82, 2.24) is 4.98 Å². The van der Waals surface area contributed by atoms with Gasteiger partial charge in [-0.2, -0.15) is 0 Å². The van der Waals surface area contributed by atoms with Crippen LogP contribution in [0.2, 0.25) is 5.02 Å². The van der Waals surface area contributed by atoms with Gasteiger partial charge in [-0.1, -0.05) is 29.3 Å². The van der Waals surface area contributed by atoms with Crippen LogP contribution in [0.25, 0.3) is 10.9 Å². The van der Waals surface area contributed by atoms with Crippen LogP contribution in [-0.4, -0.2) is 13.4 Å². The molecule has 0 aliphatic carbocycles. The number of sulfonamides is 1. The number of anilines is 1. The van der Waals surface area contributed by atoms with Gasteiger partial charge in [-0.15, -0.1) is 0 Å². The molecule has 0 radical (unpaired) electrons. The maximum Gasteiger partial charge on any atom is 0.263 e. The van der Waals surface area contributed by atoms with E-state index in [9.17, 15) is 13.2 Å².